The van der Waals surface area contributed by atoms with E-state index in [-0.39, 0.29) is 5.69 Å². The number of carbonyl (C=O) groups excluding carboxylic acids is 1. The molecule has 2 rings (SSSR count). The Balaban J connectivity index is 2.24. The third kappa shape index (κ3) is 1.94. The molecule has 0 saturated heterocycles. The summed E-state index contributed by atoms with van der Waals surface area (Å²) in [4.78, 5) is 12.0. The highest BCUT2D eigenvalue weighted by Crippen LogP contribution is 2.17. The lowest BCUT2D eigenvalue weighted by molar-refractivity contribution is 0.0995. The van der Waals surface area contributed by atoms with E-state index in [1.807, 2.05) is 13.8 Å². The molecule has 0 bridgehead atoms. The van der Waals surface area contributed by atoms with Crippen molar-refractivity contribution in [2.75, 3.05) is 0 Å². The van der Waals surface area contributed by atoms with Gasteiger partial charge in [-0.25, -0.2) is 4.68 Å². The molecule has 0 aliphatic rings. The lowest BCUT2D eigenvalue weighted by Crippen LogP contribution is -2.11. The van der Waals surface area contributed by atoms with Crippen molar-refractivity contribution in [3.63, 3.8) is 0 Å². The van der Waals surface area contributed by atoms with Gasteiger partial charge in [0.05, 0.1) is 18.4 Å². The third-order valence-electron chi connectivity index (χ3n) is 2.29. The Morgan fingerprint density at radius 2 is 2.31 bits per heavy atom. The second-order valence-electron chi connectivity index (χ2n) is 3.47. The minimum absolute atomic E-state index is 0.179. The summed E-state index contributed by atoms with van der Waals surface area (Å²) in [6.45, 7) is 4.52. The van der Waals surface area contributed by atoms with Crippen molar-refractivity contribution in [3.05, 3.63) is 28.0 Å². The Morgan fingerprint density at radius 1 is 1.56 bits per heavy atom. The Labute approximate surface area is 96.2 Å². The van der Waals surface area contributed by atoms with Crippen molar-refractivity contribution >= 4 is 17.4 Å². The van der Waals surface area contributed by atoms with Gasteiger partial charge in [-0.3, -0.25) is 4.79 Å². The van der Waals surface area contributed by atoms with E-state index in [0.29, 0.717) is 6.54 Å². The molecule has 0 aromatic carbocycles. The molecule has 1 amide bonds. The average Bonchev–Trinajstić information content (AvgIpc) is 2.80. The maximum atomic E-state index is 10.8. The number of nitrogens with zero attached hydrogens (tertiary/aromatic N) is 4. The Morgan fingerprint density at radius 3 is 2.81 bits per heavy atom. The minimum atomic E-state index is -0.567. The Kier molecular flexibility index (Phi) is 2.69. The van der Waals surface area contributed by atoms with Gasteiger partial charge in [-0.15, -0.1) is 5.10 Å². The number of rotatable bonds is 3. The standard InChI is InChI=1S/C9H11N5OS/c1-5-7(6(2)16-12-5)3-14-4-8(9(10)15)11-13-14/h4H,3H2,1-2H3,(H2,10,15). The zero-order chi connectivity index (χ0) is 11.7. The number of aryl methyl sites for hydroxylation is 2. The van der Waals surface area contributed by atoms with Gasteiger partial charge >= 0.3 is 0 Å². The highest BCUT2D eigenvalue weighted by Gasteiger charge is 2.10. The number of hydrogen-bond acceptors (Lipinski definition) is 5. The number of nitrogens with two attached hydrogens (primary N) is 1. The van der Waals surface area contributed by atoms with E-state index in [1.165, 1.54) is 11.5 Å². The summed E-state index contributed by atoms with van der Waals surface area (Å²) in [5.74, 6) is -0.567. The molecule has 0 spiro atoms. The molecular formula is C9H11N5OS. The molecule has 0 atom stereocenters. The van der Waals surface area contributed by atoms with Crippen LogP contribution in [0.5, 0.6) is 0 Å². The van der Waals surface area contributed by atoms with Gasteiger partial charge < -0.3 is 5.73 Å². The van der Waals surface area contributed by atoms with Crippen molar-refractivity contribution in [1.82, 2.24) is 19.4 Å². The van der Waals surface area contributed by atoms with Crippen LogP contribution in [0.2, 0.25) is 0 Å². The highest BCUT2D eigenvalue weighted by molar-refractivity contribution is 7.05. The SMILES string of the molecule is Cc1nsc(C)c1Cn1cc(C(N)=O)nn1. The van der Waals surface area contributed by atoms with Crippen LogP contribution in [0.1, 0.15) is 26.6 Å². The fourth-order valence-electron chi connectivity index (χ4n) is 1.38. The molecule has 0 saturated carbocycles. The largest absolute Gasteiger partial charge is 0.364 e. The molecule has 2 N–H and O–H groups in total. The second kappa shape index (κ2) is 4.01. The zero-order valence-corrected chi connectivity index (χ0v) is 9.78. The van der Waals surface area contributed by atoms with Crippen molar-refractivity contribution in [2.45, 2.75) is 20.4 Å². The normalized spacial score (nSPS) is 10.6. The van der Waals surface area contributed by atoms with E-state index in [2.05, 4.69) is 14.7 Å². The summed E-state index contributed by atoms with van der Waals surface area (Å²) in [5.41, 5.74) is 7.38. The molecule has 2 aromatic rings. The molecule has 2 aromatic heterocycles. The van der Waals surface area contributed by atoms with Crippen molar-refractivity contribution in [3.8, 4) is 0 Å². The molecule has 0 aliphatic heterocycles. The quantitative estimate of drug-likeness (QED) is 0.842. The van der Waals surface area contributed by atoms with Crippen LogP contribution in [0.4, 0.5) is 0 Å². The average molecular weight is 237 g/mol. The minimum Gasteiger partial charge on any atom is -0.364 e. The first-order valence-electron chi connectivity index (χ1n) is 4.69. The summed E-state index contributed by atoms with van der Waals surface area (Å²) in [6, 6.07) is 0. The Bertz CT molecular complexity index is 510. The lowest BCUT2D eigenvalue weighted by Gasteiger charge is -1.99. The smallest absolute Gasteiger partial charge is 0.270 e. The molecule has 2 heterocycles. The van der Waals surface area contributed by atoms with Gasteiger partial charge in [0, 0.05) is 10.4 Å². The summed E-state index contributed by atoms with van der Waals surface area (Å²) < 4.78 is 5.83. The lowest BCUT2D eigenvalue weighted by atomic mass is 10.2. The maximum Gasteiger partial charge on any atom is 0.270 e. The summed E-state index contributed by atoms with van der Waals surface area (Å²) >= 11 is 1.46. The topological polar surface area (TPSA) is 86.7 Å². The molecule has 0 aliphatic carbocycles. The van der Waals surface area contributed by atoms with Gasteiger partial charge in [0.1, 0.15) is 0 Å². The first kappa shape index (κ1) is 10.7. The fourth-order valence-corrected chi connectivity index (χ4v) is 2.08. The van der Waals surface area contributed by atoms with Crippen molar-refractivity contribution in [2.24, 2.45) is 5.73 Å². The van der Waals surface area contributed by atoms with Gasteiger partial charge in [0.25, 0.3) is 5.91 Å². The van der Waals surface area contributed by atoms with Crippen molar-refractivity contribution in [1.29, 1.82) is 0 Å². The molecule has 0 fully saturated rings. The first-order chi connectivity index (χ1) is 7.58. The van der Waals surface area contributed by atoms with Crippen LogP contribution >= 0.6 is 11.5 Å². The van der Waals surface area contributed by atoms with Crippen LogP contribution in [0.25, 0.3) is 0 Å². The van der Waals surface area contributed by atoms with Crippen LogP contribution in [0, 0.1) is 13.8 Å². The Hall–Kier alpha value is -1.76. The van der Waals surface area contributed by atoms with Gasteiger partial charge in [0.15, 0.2) is 5.69 Å². The fraction of sp³-hybridized carbons (Fsp3) is 0.333. The van der Waals surface area contributed by atoms with E-state index in [1.54, 1.807) is 10.9 Å². The molecule has 0 unspecified atom stereocenters. The monoisotopic (exact) mass is 237 g/mol. The van der Waals surface area contributed by atoms with E-state index in [9.17, 15) is 4.79 Å². The summed E-state index contributed by atoms with van der Waals surface area (Å²) in [7, 11) is 0. The number of amides is 1. The number of carbonyl (C=O) groups is 1. The van der Waals surface area contributed by atoms with Gasteiger partial charge in [-0.2, -0.15) is 4.37 Å². The van der Waals surface area contributed by atoms with Crippen LogP contribution in [-0.4, -0.2) is 25.3 Å². The van der Waals surface area contributed by atoms with E-state index >= 15 is 0 Å². The second-order valence-corrected chi connectivity index (χ2v) is 4.45. The first-order valence-corrected chi connectivity index (χ1v) is 5.47. The zero-order valence-electron chi connectivity index (χ0n) is 8.97. The number of aromatic nitrogens is 4. The van der Waals surface area contributed by atoms with Gasteiger partial charge in [-0.1, -0.05) is 5.21 Å². The van der Waals surface area contributed by atoms with Crippen LogP contribution < -0.4 is 5.73 Å². The van der Waals surface area contributed by atoms with E-state index in [4.69, 9.17) is 5.73 Å². The predicted molar refractivity (Wildman–Crippen MR) is 59.2 cm³/mol. The number of primary amides is 1. The van der Waals surface area contributed by atoms with Crippen LogP contribution in [0.3, 0.4) is 0 Å². The molecule has 0 radical (unpaired) electrons. The van der Waals surface area contributed by atoms with Crippen LogP contribution in [-0.2, 0) is 6.54 Å². The van der Waals surface area contributed by atoms with Gasteiger partial charge in [-0.05, 0) is 25.4 Å². The summed E-state index contributed by atoms with van der Waals surface area (Å²) in [6.07, 6.45) is 1.54. The number of hydrogen-bond donors (Lipinski definition) is 1. The molecule has 6 nitrogen and oxygen atoms in total. The van der Waals surface area contributed by atoms with E-state index < -0.39 is 5.91 Å². The molecule has 7 heteroatoms. The molecule has 16 heavy (non-hydrogen) atoms. The van der Waals surface area contributed by atoms with Crippen LogP contribution in [0.15, 0.2) is 6.20 Å². The predicted octanol–water partition coefficient (Wildman–Crippen LogP) is 0.499. The molecule has 84 valence electrons. The van der Waals surface area contributed by atoms with Crippen molar-refractivity contribution < 1.29 is 4.79 Å². The maximum absolute atomic E-state index is 10.8. The van der Waals surface area contributed by atoms with E-state index in [0.717, 1.165) is 16.1 Å². The summed E-state index contributed by atoms with van der Waals surface area (Å²) in [5, 5.41) is 7.51. The highest BCUT2D eigenvalue weighted by atomic mass is 32.1. The molecular weight excluding hydrogens is 226 g/mol. The van der Waals surface area contributed by atoms with Gasteiger partial charge in [0.2, 0.25) is 0 Å². The third-order valence-corrected chi connectivity index (χ3v) is 3.18.